The van der Waals surface area contributed by atoms with E-state index in [1.165, 1.54) is 199 Å². The van der Waals surface area contributed by atoms with Crippen LogP contribution in [0.1, 0.15) is 296 Å². The maximum atomic E-state index is 13.4. The lowest BCUT2D eigenvalue weighted by Gasteiger charge is -2.48. The van der Waals surface area contributed by atoms with E-state index in [-0.39, 0.29) is 18.9 Å². The minimum Gasteiger partial charge on any atom is -0.394 e. The molecule has 0 radical (unpaired) electrons. The van der Waals surface area contributed by atoms with Crippen molar-refractivity contribution >= 4 is 5.91 Å². The summed E-state index contributed by atoms with van der Waals surface area (Å²) in [7, 11) is 0. The highest BCUT2D eigenvalue weighted by atomic mass is 16.8. The summed E-state index contributed by atoms with van der Waals surface area (Å²) in [4.78, 5) is 13.4. The minimum absolute atomic E-state index is 0.228. The summed E-state index contributed by atoms with van der Waals surface area (Å²) >= 11 is 0. The Morgan fingerprint density at radius 2 is 0.710 bits per heavy atom. The van der Waals surface area contributed by atoms with Crippen molar-refractivity contribution in [2.75, 3.05) is 26.4 Å². The molecule has 93 heavy (non-hydrogen) atoms. The molecule has 3 fully saturated rings. The van der Waals surface area contributed by atoms with Gasteiger partial charge in [-0.1, -0.05) is 275 Å². The summed E-state index contributed by atoms with van der Waals surface area (Å²) in [6, 6.07) is -0.981. The van der Waals surface area contributed by atoms with E-state index in [0.717, 1.165) is 70.6 Å². The number of unbranched alkanes of at least 4 members (excludes halogenated alkanes) is 39. The highest BCUT2D eigenvalue weighted by molar-refractivity contribution is 5.76. The van der Waals surface area contributed by atoms with E-state index in [1.807, 2.05) is 6.08 Å². The fourth-order valence-corrected chi connectivity index (χ4v) is 12.8. The quantitative estimate of drug-likeness (QED) is 0.0199. The summed E-state index contributed by atoms with van der Waals surface area (Å²) < 4.78 is 34.4. The molecule has 17 unspecified atom stereocenters. The van der Waals surface area contributed by atoms with Gasteiger partial charge in [0.1, 0.15) is 73.2 Å². The number of hydrogen-bond acceptors (Lipinski definition) is 18. The Labute approximate surface area is 561 Å². The van der Waals surface area contributed by atoms with Crippen LogP contribution in [0.15, 0.2) is 36.5 Å². The molecule has 3 heterocycles. The van der Waals surface area contributed by atoms with E-state index in [2.05, 4.69) is 43.5 Å². The van der Waals surface area contributed by atoms with Crippen molar-refractivity contribution in [2.24, 2.45) is 0 Å². The number of allylic oxidation sites excluding steroid dienone is 5. The van der Waals surface area contributed by atoms with Crippen molar-refractivity contribution in [1.82, 2.24) is 5.32 Å². The molecule has 0 aromatic heterocycles. The number of carbonyl (C=O) groups is 1. The standard InChI is InChI=1S/C74H137NO18/c1-3-5-7-9-11-13-15-17-19-21-22-23-24-25-26-27-28-29-30-31-32-33-34-35-36-37-39-41-43-45-47-49-51-58(79)57(75-62(80)52-50-48-46-44-42-40-38-20-18-16-14-12-10-8-6-4-2)56-88-72-68(86)65(83)70(60(54-77)90-72)93-74-69(87)66(84)71(61(55-78)91-74)92-73-67(85)64(82)63(81)59(53-76)89-73/h14,16,20,38,49,51,57-61,63-74,76-79,81-87H,3-13,15,17-19,21-37,39-48,50,52-56H2,1-2H3,(H,75,80)/b16-14-,38-20-,51-49+. The second kappa shape index (κ2) is 55.8. The average Bonchev–Trinajstić information content (AvgIpc) is 0.813. The van der Waals surface area contributed by atoms with E-state index < -0.39 is 124 Å². The van der Waals surface area contributed by atoms with Gasteiger partial charge < -0.3 is 89.9 Å². The van der Waals surface area contributed by atoms with Gasteiger partial charge in [0.25, 0.3) is 0 Å². The van der Waals surface area contributed by atoms with Gasteiger partial charge in [0.15, 0.2) is 18.9 Å². The molecule has 546 valence electrons. The van der Waals surface area contributed by atoms with Gasteiger partial charge in [0.05, 0.1) is 38.6 Å². The molecule has 0 bridgehead atoms. The first-order valence-electron chi connectivity index (χ1n) is 37.7. The van der Waals surface area contributed by atoms with Crippen molar-refractivity contribution in [1.29, 1.82) is 0 Å². The summed E-state index contributed by atoms with van der Waals surface area (Å²) in [5.74, 6) is -0.287. The molecule has 0 aliphatic carbocycles. The van der Waals surface area contributed by atoms with E-state index >= 15 is 0 Å². The predicted octanol–water partition coefficient (Wildman–Crippen LogP) is 11.2. The third-order valence-corrected chi connectivity index (χ3v) is 18.9. The van der Waals surface area contributed by atoms with Gasteiger partial charge in [0, 0.05) is 6.42 Å². The molecule has 0 aromatic rings. The zero-order valence-electron chi connectivity index (χ0n) is 58.0. The molecule has 19 heteroatoms. The molecule has 3 rings (SSSR count). The number of amides is 1. The Morgan fingerprint density at radius 1 is 0.387 bits per heavy atom. The molecule has 0 spiro atoms. The fourth-order valence-electron chi connectivity index (χ4n) is 12.8. The van der Waals surface area contributed by atoms with Crippen LogP contribution in [-0.2, 0) is 33.2 Å². The highest BCUT2D eigenvalue weighted by Gasteiger charge is 2.53. The number of aliphatic hydroxyl groups is 11. The normalized spacial score (nSPS) is 27.7. The number of rotatable bonds is 59. The molecular weight excluding hydrogens is 1190 g/mol. The van der Waals surface area contributed by atoms with Crippen molar-refractivity contribution in [3.05, 3.63) is 36.5 Å². The summed E-state index contributed by atoms with van der Waals surface area (Å²) in [5, 5.41) is 121. The number of ether oxygens (including phenoxy) is 6. The lowest BCUT2D eigenvalue weighted by atomic mass is 9.96. The monoisotopic (exact) mass is 1330 g/mol. The van der Waals surface area contributed by atoms with Crippen LogP contribution in [0.3, 0.4) is 0 Å². The maximum Gasteiger partial charge on any atom is 0.220 e. The number of hydrogen-bond donors (Lipinski definition) is 12. The fraction of sp³-hybridized carbons (Fsp3) is 0.905. The first kappa shape index (κ1) is 85.2. The van der Waals surface area contributed by atoms with Crippen molar-refractivity contribution < 1.29 is 89.4 Å². The Morgan fingerprint density at radius 3 is 1.11 bits per heavy atom. The molecule has 12 N–H and O–H groups in total. The van der Waals surface area contributed by atoms with Gasteiger partial charge in [0.2, 0.25) is 5.91 Å². The van der Waals surface area contributed by atoms with Crippen molar-refractivity contribution in [3.63, 3.8) is 0 Å². The summed E-state index contributed by atoms with van der Waals surface area (Å²) in [5.41, 5.74) is 0. The average molecular weight is 1330 g/mol. The molecule has 17 atom stereocenters. The molecular formula is C74H137NO18. The number of aliphatic hydroxyl groups excluding tert-OH is 11. The lowest BCUT2D eigenvalue weighted by molar-refractivity contribution is -0.379. The van der Waals surface area contributed by atoms with Crippen LogP contribution in [-0.4, -0.2) is 193 Å². The van der Waals surface area contributed by atoms with Gasteiger partial charge in [-0.05, 0) is 51.4 Å². The van der Waals surface area contributed by atoms with Gasteiger partial charge in [-0.25, -0.2) is 0 Å². The molecule has 0 saturated carbocycles. The van der Waals surface area contributed by atoms with Crippen LogP contribution < -0.4 is 5.32 Å². The lowest BCUT2D eigenvalue weighted by Crippen LogP contribution is -2.66. The second-order valence-electron chi connectivity index (χ2n) is 27.1. The Bertz CT molecular complexity index is 1830. The van der Waals surface area contributed by atoms with Crippen molar-refractivity contribution in [3.8, 4) is 0 Å². The second-order valence-corrected chi connectivity index (χ2v) is 27.1. The summed E-state index contributed by atoms with van der Waals surface area (Å²) in [6.45, 7) is 1.73. The topological polar surface area (TPSA) is 307 Å². The molecule has 1 amide bonds. The minimum atomic E-state index is -1.98. The third-order valence-electron chi connectivity index (χ3n) is 18.9. The van der Waals surface area contributed by atoms with Crippen LogP contribution in [0.4, 0.5) is 0 Å². The molecule has 3 aliphatic rings. The van der Waals surface area contributed by atoms with E-state index in [4.69, 9.17) is 28.4 Å². The van der Waals surface area contributed by atoms with Crippen LogP contribution in [0.5, 0.6) is 0 Å². The predicted molar refractivity (Wildman–Crippen MR) is 365 cm³/mol. The molecule has 0 aromatic carbocycles. The molecule has 19 nitrogen and oxygen atoms in total. The van der Waals surface area contributed by atoms with Gasteiger partial charge in [-0.2, -0.15) is 0 Å². The van der Waals surface area contributed by atoms with Gasteiger partial charge >= 0.3 is 0 Å². The largest absolute Gasteiger partial charge is 0.394 e. The van der Waals surface area contributed by atoms with Crippen LogP contribution >= 0.6 is 0 Å². The van der Waals surface area contributed by atoms with Gasteiger partial charge in [-0.3, -0.25) is 4.79 Å². The summed E-state index contributed by atoms with van der Waals surface area (Å²) in [6.07, 6.45) is 40.0. The Balaban J connectivity index is 1.38. The van der Waals surface area contributed by atoms with Crippen molar-refractivity contribution in [2.45, 2.75) is 401 Å². The SMILES string of the molecule is CCCCCC/C=C\C/C=C\CCCCCCCC(=O)NC(COC1OC(CO)C(OC2OC(CO)C(OC3OC(CO)C(O)C(O)C3O)C(O)C2O)C(O)C1O)C(O)/C=C/CCCCCCCCCCCCCCCCCCCCCCCCCCCCCCCC. The van der Waals surface area contributed by atoms with E-state index in [0.29, 0.717) is 6.42 Å². The van der Waals surface area contributed by atoms with Gasteiger partial charge in [-0.15, -0.1) is 0 Å². The zero-order valence-corrected chi connectivity index (χ0v) is 58.0. The van der Waals surface area contributed by atoms with Crippen LogP contribution in [0.25, 0.3) is 0 Å². The zero-order chi connectivity index (χ0) is 67.5. The first-order valence-corrected chi connectivity index (χ1v) is 37.7. The first-order chi connectivity index (χ1) is 45.3. The Hall–Kier alpha value is -1.99. The number of nitrogens with one attached hydrogen (secondary N) is 1. The maximum absolute atomic E-state index is 13.4. The van der Waals surface area contributed by atoms with Crippen LogP contribution in [0.2, 0.25) is 0 Å². The molecule has 3 aliphatic heterocycles. The van der Waals surface area contributed by atoms with E-state index in [1.54, 1.807) is 6.08 Å². The molecule has 3 saturated heterocycles. The highest BCUT2D eigenvalue weighted by Crippen LogP contribution is 2.33. The number of carbonyl (C=O) groups excluding carboxylic acids is 1. The Kier molecular flexibility index (Phi) is 51.2. The third kappa shape index (κ3) is 37.1. The smallest absolute Gasteiger partial charge is 0.220 e. The van der Waals surface area contributed by atoms with Crippen LogP contribution in [0, 0.1) is 0 Å². The van der Waals surface area contributed by atoms with E-state index in [9.17, 15) is 61.0 Å².